The summed E-state index contributed by atoms with van der Waals surface area (Å²) in [4.78, 5) is 16.1. The summed E-state index contributed by atoms with van der Waals surface area (Å²) in [6.45, 7) is 0.745. The molecule has 4 heteroatoms. The van der Waals surface area contributed by atoms with Gasteiger partial charge < -0.3 is 11.1 Å². The van der Waals surface area contributed by atoms with E-state index in [2.05, 4.69) is 10.3 Å². The smallest absolute Gasteiger partial charge is 0.228 e. The van der Waals surface area contributed by atoms with Gasteiger partial charge in [0, 0.05) is 12.1 Å². The topological polar surface area (TPSA) is 68.0 Å². The Kier molecular flexibility index (Phi) is 4.09. The molecule has 1 aliphatic carbocycles. The molecule has 92 valence electrons. The van der Waals surface area contributed by atoms with E-state index in [0.717, 1.165) is 32.2 Å². The van der Waals surface area contributed by atoms with Gasteiger partial charge >= 0.3 is 0 Å². The molecule has 0 radical (unpaired) electrons. The van der Waals surface area contributed by atoms with Crippen molar-refractivity contribution in [3.05, 3.63) is 24.4 Å². The Morgan fingerprint density at radius 2 is 2.12 bits per heavy atom. The van der Waals surface area contributed by atoms with Crippen molar-refractivity contribution in [2.24, 2.45) is 17.6 Å². The highest BCUT2D eigenvalue weighted by Crippen LogP contribution is 2.28. The molecule has 0 saturated heterocycles. The van der Waals surface area contributed by atoms with E-state index >= 15 is 0 Å². The maximum Gasteiger partial charge on any atom is 0.228 e. The number of anilines is 1. The van der Waals surface area contributed by atoms with Crippen LogP contribution in [0, 0.1) is 11.8 Å². The van der Waals surface area contributed by atoms with Crippen LogP contribution in [0.3, 0.4) is 0 Å². The molecule has 0 unspecified atom stereocenters. The summed E-state index contributed by atoms with van der Waals surface area (Å²) in [5.41, 5.74) is 5.64. The highest BCUT2D eigenvalue weighted by atomic mass is 16.1. The van der Waals surface area contributed by atoms with Gasteiger partial charge in [-0.2, -0.15) is 0 Å². The van der Waals surface area contributed by atoms with Crippen molar-refractivity contribution in [2.45, 2.75) is 25.7 Å². The molecule has 1 aromatic heterocycles. The minimum Gasteiger partial charge on any atom is -0.330 e. The first kappa shape index (κ1) is 12.0. The zero-order valence-electron chi connectivity index (χ0n) is 9.93. The number of pyridine rings is 1. The molecule has 1 heterocycles. The maximum absolute atomic E-state index is 12.0. The molecule has 1 aliphatic rings. The van der Waals surface area contributed by atoms with Crippen molar-refractivity contribution in [3.63, 3.8) is 0 Å². The van der Waals surface area contributed by atoms with Crippen molar-refractivity contribution in [3.8, 4) is 0 Å². The quantitative estimate of drug-likeness (QED) is 0.836. The molecule has 2 rings (SSSR count). The summed E-state index contributed by atoms with van der Waals surface area (Å²) < 4.78 is 0. The fraction of sp³-hybridized carbons (Fsp3) is 0.538. The van der Waals surface area contributed by atoms with Crippen LogP contribution < -0.4 is 11.1 Å². The average molecular weight is 233 g/mol. The predicted octanol–water partition coefficient (Wildman–Crippen LogP) is 1.79. The monoisotopic (exact) mass is 233 g/mol. The third-order valence-corrected chi connectivity index (χ3v) is 3.47. The molecule has 3 N–H and O–H groups in total. The lowest BCUT2D eigenvalue weighted by molar-refractivity contribution is -0.121. The third-order valence-electron chi connectivity index (χ3n) is 3.47. The van der Waals surface area contributed by atoms with Gasteiger partial charge in [-0.3, -0.25) is 4.79 Å². The zero-order valence-corrected chi connectivity index (χ0v) is 9.93. The summed E-state index contributed by atoms with van der Waals surface area (Å²) in [7, 11) is 0. The Labute approximate surface area is 102 Å². The van der Waals surface area contributed by atoms with Gasteiger partial charge in [0.15, 0.2) is 0 Å². The molecule has 0 spiro atoms. The second-order valence-corrected chi connectivity index (χ2v) is 4.66. The maximum atomic E-state index is 12.0. The summed E-state index contributed by atoms with van der Waals surface area (Å²) >= 11 is 0. The molecule has 4 nitrogen and oxygen atoms in total. The first-order valence-electron chi connectivity index (χ1n) is 6.21. The van der Waals surface area contributed by atoms with Crippen molar-refractivity contribution in [2.75, 3.05) is 11.9 Å². The summed E-state index contributed by atoms with van der Waals surface area (Å²) in [5.74, 6) is 1.46. The van der Waals surface area contributed by atoms with Gasteiger partial charge in [0.1, 0.15) is 5.82 Å². The van der Waals surface area contributed by atoms with Gasteiger partial charge in [-0.05, 0) is 50.3 Å². The third kappa shape index (κ3) is 3.27. The Balaban J connectivity index is 1.85. The van der Waals surface area contributed by atoms with Gasteiger partial charge in [0.25, 0.3) is 0 Å². The number of nitrogens with zero attached hydrogens (tertiary/aromatic N) is 1. The zero-order chi connectivity index (χ0) is 12.1. The van der Waals surface area contributed by atoms with Crippen molar-refractivity contribution in [1.29, 1.82) is 0 Å². The van der Waals surface area contributed by atoms with Crippen LogP contribution in [0.25, 0.3) is 0 Å². The molecular formula is C13H19N3O. The number of hydrogen-bond acceptors (Lipinski definition) is 3. The van der Waals surface area contributed by atoms with Crippen LogP contribution in [-0.4, -0.2) is 17.4 Å². The van der Waals surface area contributed by atoms with Crippen molar-refractivity contribution in [1.82, 2.24) is 4.98 Å². The van der Waals surface area contributed by atoms with Crippen LogP contribution in [-0.2, 0) is 4.79 Å². The van der Waals surface area contributed by atoms with Gasteiger partial charge in [0.05, 0.1) is 0 Å². The molecule has 0 bridgehead atoms. The van der Waals surface area contributed by atoms with E-state index in [9.17, 15) is 4.79 Å². The normalized spacial score (nSPS) is 24.3. The van der Waals surface area contributed by atoms with Gasteiger partial charge in [0.2, 0.25) is 5.91 Å². The molecular weight excluding hydrogens is 214 g/mol. The summed E-state index contributed by atoms with van der Waals surface area (Å²) in [5, 5.41) is 2.86. The van der Waals surface area contributed by atoms with E-state index in [-0.39, 0.29) is 11.8 Å². The molecule has 17 heavy (non-hydrogen) atoms. The van der Waals surface area contributed by atoms with Gasteiger partial charge in [-0.1, -0.05) is 6.07 Å². The molecule has 1 saturated carbocycles. The summed E-state index contributed by atoms with van der Waals surface area (Å²) in [6, 6.07) is 5.51. The molecule has 0 atom stereocenters. The minimum atomic E-state index is 0.0965. The highest BCUT2D eigenvalue weighted by Gasteiger charge is 2.25. The summed E-state index contributed by atoms with van der Waals surface area (Å²) in [6.07, 6.45) is 5.70. The lowest BCUT2D eigenvalue weighted by atomic mass is 9.81. The number of hydrogen-bond donors (Lipinski definition) is 2. The number of rotatable bonds is 3. The molecule has 1 fully saturated rings. The SMILES string of the molecule is NC[C@H]1CC[C@H](C(=O)Nc2ccccn2)CC1. The predicted molar refractivity (Wildman–Crippen MR) is 67.4 cm³/mol. The standard InChI is InChI=1S/C13H19N3O/c14-9-10-4-6-11(7-5-10)13(17)16-12-3-1-2-8-15-12/h1-3,8,10-11H,4-7,9,14H2,(H,15,16,17)/t10-,11-. The van der Waals surface area contributed by atoms with E-state index in [4.69, 9.17) is 5.73 Å². The van der Waals surface area contributed by atoms with Crippen LogP contribution >= 0.6 is 0 Å². The molecule has 1 amide bonds. The van der Waals surface area contributed by atoms with Crippen LogP contribution in [0.4, 0.5) is 5.82 Å². The van der Waals surface area contributed by atoms with Crippen molar-refractivity contribution >= 4 is 11.7 Å². The second-order valence-electron chi connectivity index (χ2n) is 4.66. The highest BCUT2D eigenvalue weighted by molar-refractivity contribution is 5.91. The molecule has 0 aliphatic heterocycles. The Bertz CT molecular complexity index is 358. The molecule has 0 aromatic carbocycles. The van der Waals surface area contributed by atoms with Gasteiger partial charge in [-0.25, -0.2) is 4.98 Å². The Morgan fingerprint density at radius 1 is 1.35 bits per heavy atom. The van der Waals surface area contributed by atoms with Gasteiger partial charge in [-0.15, -0.1) is 0 Å². The van der Waals surface area contributed by atoms with Crippen molar-refractivity contribution < 1.29 is 4.79 Å². The minimum absolute atomic E-state index is 0.0965. The number of carbonyl (C=O) groups excluding carboxylic acids is 1. The van der Waals surface area contributed by atoms with Crippen LogP contribution in [0.1, 0.15) is 25.7 Å². The fourth-order valence-corrected chi connectivity index (χ4v) is 2.33. The van der Waals surface area contributed by atoms with E-state index < -0.39 is 0 Å². The van der Waals surface area contributed by atoms with E-state index in [1.165, 1.54) is 0 Å². The largest absolute Gasteiger partial charge is 0.330 e. The first-order valence-corrected chi connectivity index (χ1v) is 6.21. The van der Waals surface area contributed by atoms with E-state index in [0.29, 0.717) is 11.7 Å². The first-order chi connectivity index (χ1) is 8.29. The number of nitrogens with two attached hydrogens (primary N) is 1. The number of carbonyl (C=O) groups is 1. The van der Waals surface area contributed by atoms with E-state index in [1.54, 1.807) is 6.20 Å². The molecule has 1 aromatic rings. The second kappa shape index (κ2) is 5.77. The Hall–Kier alpha value is -1.42. The average Bonchev–Trinajstić information content (AvgIpc) is 2.40. The number of amides is 1. The van der Waals surface area contributed by atoms with E-state index in [1.807, 2.05) is 18.2 Å². The number of nitrogens with one attached hydrogen (secondary N) is 1. The van der Waals surface area contributed by atoms with Crippen LogP contribution in [0.2, 0.25) is 0 Å². The van der Waals surface area contributed by atoms with Crippen LogP contribution in [0.15, 0.2) is 24.4 Å². The lowest BCUT2D eigenvalue weighted by Gasteiger charge is -2.26. The number of aromatic nitrogens is 1. The lowest BCUT2D eigenvalue weighted by Crippen LogP contribution is -2.29. The Morgan fingerprint density at radius 3 is 2.71 bits per heavy atom. The van der Waals surface area contributed by atoms with Crippen LogP contribution in [0.5, 0.6) is 0 Å². The fourth-order valence-electron chi connectivity index (χ4n) is 2.33.